The van der Waals surface area contributed by atoms with Crippen LogP contribution in [0.3, 0.4) is 0 Å². The second-order valence-corrected chi connectivity index (χ2v) is 9.53. The molecule has 1 saturated heterocycles. The Kier molecular flexibility index (Phi) is 7.54. The number of nitrogens with zero attached hydrogens (tertiary/aromatic N) is 3. The Morgan fingerprint density at radius 3 is 2.65 bits per heavy atom. The third-order valence-electron chi connectivity index (χ3n) is 6.38. The molecule has 0 unspecified atom stereocenters. The van der Waals surface area contributed by atoms with E-state index in [1.54, 1.807) is 0 Å². The Hall–Kier alpha value is -2.33. The van der Waals surface area contributed by atoms with Crippen LogP contribution in [0.5, 0.6) is 0 Å². The van der Waals surface area contributed by atoms with Gasteiger partial charge in [-0.25, -0.2) is 0 Å². The Morgan fingerprint density at radius 1 is 1.00 bits per heavy atom. The van der Waals surface area contributed by atoms with Crippen molar-refractivity contribution in [2.45, 2.75) is 25.9 Å². The highest BCUT2D eigenvalue weighted by Gasteiger charge is 2.22. The molecule has 3 heterocycles. The van der Waals surface area contributed by atoms with Crippen molar-refractivity contribution in [1.29, 1.82) is 0 Å². The van der Waals surface area contributed by atoms with Gasteiger partial charge in [-0.2, -0.15) is 5.10 Å². The van der Waals surface area contributed by atoms with Crippen LogP contribution in [-0.4, -0.2) is 54.1 Å². The van der Waals surface area contributed by atoms with Crippen molar-refractivity contribution >= 4 is 23.2 Å². The van der Waals surface area contributed by atoms with Gasteiger partial charge >= 0.3 is 0 Å². The van der Waals surface area contributed by atoms with E-state index < -0.39 is 0 Å². The van der Waals surface area contributed by atoms with E-state index in [9.17, 15) is 0 Å². The summed E-state index contributed by atoms with van der Waals surface area (Å²) in [5.74, 6) is 6.42. The normalized spacial score (nSPS) is 16.1. The molecular weight excluding hydrogens is 467 g/mol. The molecule has 0 spiro atoms. The first-order valence-corrected chi connectivity index (χ1v) is 12.6. The van der Waals surface area contributed by atoms with E-state index in [1.807, 2.05) is 36.4 Å². The zero-order chi connectivity index (χ0) is 23.3. The van der Waals surface area contributed by atoms with Crippen molar-refractivity contribution in [3.05, 3.63) is 74.9 Å². The third kappa shape index (κ3) is 5.49. The molecule has 5 nitrogen and oxygen atoms in total. The highest BCUT2D eigenvalue weighted by atomic mass is 35.5. The van der Waals surface area contributed by atoms with E-state index >= 15 is 0 Å². The van der Waals surface area contributed by atoms with Gasteiger partial charge in [0.15, 0.2) is 0 Å². The second-order valence-electron chi connectivity index (χ2n) is 8.68. The van der Waals surface area contributed by atoms with Crippen LogP contribution in [0, 0.1) is 11.8 Å². The molecule has 2 aromatic carbocycles. The van der Waals surface area contributed by atoms with Crippen LogP contribution in [0.4, 0.5) is 0 Å². The number of hydrogen-bond donors (Lipinski definition) is 1. The summed E-state index contributed by atoms with van der Waals surface area (Å²) in [6, 6.07) is 13.5. The number of ether oxygens (including phenoxy) is 1. The number of halogens is 2. The van der Waals surface area contributed by atoms with Gasteiger partial charge in [0.1, 0.15) is 0 Å². The van der Waals surface area contributed by atoms with Gasteiger partial charge in [0, 0.05) is 78.7 Å². The van der Waals surface area contributed by atoms with Gasteiger partial charge in [-0.15, -0.1) is 0 Å². The molecule has 7 heteroatoms. The molecule has 2 aliphatic heterocycles. The lowest BCUT2D eigenvalue weighted by molar-refractivity contribution is 0.0368. The lowest BCUT2D eigenvalue weighted by Gasteiger charge is -2.26. The number of rotatable bonds is 5. The predicted molar refractivity (Wildman–Crippen MR) is 137 cm³/mol. The van der Waals surface area contributed by atoms with Crippen LogP contribution in [0.2, 0.25) is 10.0 Å². The van der Waals surface area contributed by atoms with E-state index in [0.29, 0.717) is 10.0 Å². The number of aryl methyl sites for hydroxylation is 1. The third-order valence-corrected chi connectivity index (χ3v) is 6.96. The first-order valence-electron chi connectivity index (χ1n) is 11.8. The minimum atomic E-state index is 0.641. The first kappa shape index (κ1) is 23.4. The molecule has 1 fully saturated rings. The summed E-state index contributed by atoms with van der Waals surface area (Å²) in [5, 5.41) is 9.92. The van der Waals surface area contributed by atoms with Gasteiger partial charge < -0.3 is 10.1 Å². The molecule has 0 saturated carbocycles. The lowest BCUT2D eigenvalue weighted by Crippen LogP contribution is -2.37. The van der Waals surface area contributed by atoms with Gasteiger partial charge in [-0.1, -0.05) is 41.1 Å². The molecule has 176 valence electrons. The Balaban J connectivity index is 1.38. The van der Waals surface area contributed by atoms with Crippen molar-refractivity contribution in [3.8, 4) is 23.1 Å². The molecule has 0 amide bonds. The Bertz CT molecular complexity index is 1200. The van der Waals surface area contributed by atoms with Gasteiger partial charge in [0.05, 0.1) is 23.9 Å². The smallest absolute Gasteiger partial charge is 0.0971 e. The molecule has 2 aliphatic rings. The van der Waals surface area contributed by atoms with E-state index in [-0.39, 0.29) is 0 Å². The van der Waals surface area contributed by atoms with E-state index in [0.717, 1.165) is 87.7 Å². The highest BCUT2D eigenvalue weighted by Crippen LogP contribution is 2.30. The summed E-state index contributed by atoms with van der Waals surface area (Å²) in [6.45, 7) is 7.56. The molecule has 34 heavy (non-hydrogen) atoms. The first-order chi connectivity index (χ1) is 16.7. The average Bonchev–Trinajstić information content (AvgIpc) is 3.24. The van der Waals surface area contributed by atoms with E-state index in [4.69, 9.17) is 33.0 Å². The van der Waals surface area contributed by atoms with Gasteiger partial charge in [-0.3, -0.25) is 9.58 Å². The van der Waals surface area contributed by atoms with Crippen LogP contribution in [0.15, 0.2) is 42.5 Å². The number of aromatic nitrogens is 2. The summed E-state index contributed by atoms with van der Waals surface area (Å²) in [6.07, 6.45) is 2.08. The van der Waals surface area contributed by atoms with Crippen molar-refractivity contribution in [2.75, 3.05) is 39.4 Å². The number of morpholine rings is 1. The van der Waals surface area contributed by atoms with Crippen LogP contribution in [-0.2, 0) is 24.2 Å². The lowest BCUT2D eigenvalue weighted by atomic mass is 10.0. The molecule has 0 atom stereocenters. The second kappa shape index (κ2) is 10.9. The molecule has 5 rings (SSSR count). The van der Waals surface area contributed by atoms with E-state index in [2.05, 4.69) is 32.8 Å². The molecule has 0 aliphatic carbocycles. The summed E-state index contributed by atoms with van der Waals surface area (Å²) < 4.78 is 7.69. The SMILES string of the molecule is Clc1ccc(C#Cc2cc(-c3nn(CCCN4CCOCC4)c4c3CNCC4)ccc2Cl)cc1. The fourth-order valence-corrected chi connectivity index (χ4v) is 4.84. The summed E-state index contributed by atoms with van der Waals surface area (Å²) >= 11 is 12.5. The quantitative estimate of drug-likeness (QED) is 0.525. The average molecular weight is 495 g/mol. The highest BCUT2D eigenvalue weighted by molar-refractivity contribution is 6.32. The van der Waals surface area contributed by atoms with Crippen LogP contribution in [0.1, 0.15) is 28.8 Å². The predicted octanol–water partition coefficient (Wildman–Crippen LogP) is 4.62. The maximum absolute atomic E-state index is 6.49. The molecule has 0 bridgehead atoms. The Morgan fingerprint density at radius 2 is 1.82 bits per heavy atom. The van der Waals surface area contributed by atoms with Crippen LogP contribution >= 0.6 is 23.2 Å². The number of benzene rings is 2. The van der Waals surface area contributed by atoms with E-state index in [1.165, 1.54) is 11.3 Å². The number of nitrogens with one attached hydrogen (secondary N) is 1. The molecule has 0 radical (unpaired) electrons. The fraction of sp³-hybridized carbons (Fsp3) is 0.370. The number of fused-ring (bicyclic) bond motifs is 1. The molecule has 1 aromatic heterocycles. The van der Waals surface area contributed by atoms with Crippen LogP contribution < -0.4 is 5.32 Å². The largest absolute Gasteiger partial charge is 0.379 e. The van der Waals surface area contributed by atoms with Gasteiger partial charge in [-0.05, 0) is 42.8 Å². The van der Waals surface area contributed by atoms with Crippen molar-refractivity contribution in [1.82, 2.24) is 20.0 Å². The van der Waals surface area contributed by atoms with Gasteiger partial charge in [0.25, 0.3) is 0 Å². The maximum Gasteiger partial charge on any atom is 0.0971 e. The maximum atomic E-state index is 6.49. The zero-order valence-electron chi connectivity index (χ0n) is 19.1. The van der Waals surface area contributed by atoms with Crippen molar-refractivity contribution in [3.63, 3.8) is 0 Å². The summed E-state index contributed by atoms with van der Waals surface area (Å²) in [7, 11) is 0. The van der Waals surface area contributed by atoms with Crippen molar-refractivity contribution in [2.24, 2.45) is 0 Å². The minimum Gasteiger partial charge on any atom is -0.379 e. The zero-order valence-corrected chi connectivity index (χ0v) is 20.6. The summed E-state index contributed by atoms with van der Waals surface area (Å²) in [5.41, 5.74) is 6.41. The fourth-order valence-electron chi connectivity index (χ4n) is 4.55. The standard InChI is InChI=1S/C27H28Cl2N4O/c28-23-7-3-20(4-8-23)2-5-21-18-22(6-9-25(21)29)27-24-19-30-11-10-26(24)33(31-27)13-1-12-32-14-16-34-17-15-32/h3-4,6-9,18,30H,1,10-17,19H2. The molecule has 1 N–H and O–H groups in total. The topological polar surface area (TPSA) is 42.3 Å². The molecular formula is C27H28Cl2N4O. The van der Waals surface area contributed by atoms with Crippen molar-refractivity contribution < 1.29 is 4.74 Å². The summed E-state index contributed by atoms with van der Waals surface area (Å²) in [4.78, 5) is 2.48. The van der Waals surface area contributed by atoms with Crippen LogP contribution in [0.25, 0.3) is 11.3 Å². The monoisotopic (exact) mass is 494 g/mol. The van der Waals surface area contributed by atoms with Gasteiger partial charge in [0.2, 0.25) is 0 Å². The molecule has 3 aromatic rings. The minimum absolute atomic E-state index is 0.641. The number of hydrogen-bond acceptors (Lipinski definition) is 4. The Labute approximate surface area is 211 Å².